The molecule has 0 atom stereocenters. The molecule has 2 amide bonds. The van der Waals surface area contributed by atoms with Crippen LogP contribution < -0.4 is 14.8 Å². The lowest BCUT2D eigenvalue weighted by Gasteiger charge is -2.21. The van der Waals surface area contributed by atoms with Crippen LogP contribution in [-0.2, 0) is 9.53 Å². The topological polar surface area (TPSA) is 77.1 Å². The molecule has 7 nitrogen and oxygen atoms in total. The zero-order valence-electron chi connectivity index (χ0n) is 20.0. The normalized spacial score (nSPS) is 13.1. The number of carbonyl (C=O) groups excluding carboxylic acids is 2. The van der Waals surface area contributed by atoms with Crippen LogP contribution >= 0.6 is 0 Å². The summed E-state index contributed by atoms with van der Waals surface area (Å²) in [5.41, 5.74) is 2.62. The summed E-state index contributed by atoms with van der Waals surface area (Å²) < 4.78 is 16.9. The Morgan fingerprint density at radius 1 is 0.857 bits per heavy atom. The second-order valence-electron chi connectivity index (χ2n) is 8.31. The molecule has 0 aromatic heterocycles. The van der Waals surface area contributed by atoms with E-state index in [0.29, 0.717) is 35.8 Å². The molecule has 1 heterocycles. The number of benzene rings is 3. The highest BCUT2D eigenvalue weighted by molar-refractivity contribution is 6.05. The lowest BCUT2D eigenvalue weighted by atomic mass is 10.0. The van der Waals surface area contributed by atoms with E-state index in [1.165, 1.54) is 14.2 Å². The molecule has 4 rings (SSSR count). The number of carbonyl (C=O) groups is 2. The van der Waals surface area contributed by atoms with Crippen LogP contribution in [0.15, 0.2) is 72.8 Å². The summed E-state index contributed by atoms with van der Waals surface area (Å²) in [5, 5.41) is 2.85. The fourth-order valence-electron chi connectivity index (χ4n) is 4.24. The number of ether oxygens (including phenoxy) is 3. The lowest BCUT2D eigenvalue weighted by molar-refractivity contribution is -0.121. The fraction of sp³-hybridized carbons (Fsp3) is 0.286. The Bertz CT molecular complexity index is 1110. The molecule has 1 fully saturated rings. The summed E-state index contributed by atoms with van der Waals surface area (Å²) in [5.74, 6) is 0.335. The lowest BCUT2D eigenvalue weighted by Crippen LogP contribution is -2.29. The molecule has 1 aliphatic heterocycles. The highest BCUT2D eigenvalue weighted by Crippen LogP contribution is 2.34. The van der Waals surface area contributed by atoms with Gasteiger partial charge in [-0.25, -0.2) is 0 Å². The Labute approximate surface area is 205 Å². The molecular weight excluding hydrogens is 444 g/mol. The van der Waals surface area contributed by atoms with Gasteiger partial charge in [-0.3, -0.25) is 9.59 Å². The van der Waals surface area contributed by atoms with Crippen LogP contribution in [0.1, 0.15) is 40.4 Å². The number of amides is 2. The first kappa shape index (κ1) is 24.3. The minimum absolute atomic E-state index is 0.147. The quantitative estimate of drug-likeness (QED) is 0.487. The van der Waals surface area contributed by atoms with Gasteiger partial charge in [-0.05, 0) is 30.0 Å². The van der Waals surface area contributed by atoms with Crippen LogP contribution in [0.5, 0.6) is 11.5 Å². The maximum Gasteiger partial charge on any atom is 0.256 e. The van der Waals surface area contributed by atoms with Gasteiger partial charge in [-0.15, -0.1) is 0 Å². The van der Waals surface area contributed by atoms with Gasteiger partial charge in [0.15, 0.2) is 11.5 Å². The maximum absolute atomic E-state index is 13.2. The first-order valence-electron chi connectivity index (χ1n) is 11.7. The third-order valence-electron chi connectivity index (χ3n) is 6.01. The third kappa shape index (κ3) is 5.81. The minimum Gasteiger partial charge on any atom is -0.493 e. The van der Waals surface area contributed by atoms with Gasteiger partial charge in [0, 0.05) is 19.2 Å². The number of likely N-dealkylation sites (tertiary alicyclic amines) is 1. The van der Waals surface area contributed by atoms with Gasteiger partial charge in [0.05, 0.1) is 25.5 Å². The van der Waals surface area contributed by atoms with Crippen LogP contribution in [0.25, 0.3) is 0 Å². The highest BCUT2D eigenvalue weighted by Gasteiger charge is 2.25. The molecule has 182 valence electrons. The standard InChI is InChI=1S/C28H30N2O5/c1-33-24-17-22(28(32)30-15-9-10-16-30)23(18-25(24)34-2)29-26(31)19-35-27(20-11-5-3-6-12-20)21-13-7-4-8-14-21/h3-8,11-14,17-18,27H,9-10,15-16,19H2,1-2H3,(H,29,31). The monoisotopic (exact) mass is 474 g/mol. The molecule has 0 radical (unpaired) electrons. The van der Waals surface area contributed by atoms with Crippen molar-refractivity contribution < 1.29 is 23.8 Å². The molecule has 1 N–H and O–H groups in total. The van der Waals surface area contributed by atoms with Crippen molar-refractivity contribution in [3.8, 4) is 11.5 Å². The summed E-state index contributed by atoms with van der Waals surface area (Å²) in [6.45, 7) is 1.19. The van der Waals surface area contributed by atoms with Gasteiger partial charge in [-0.2, -0.15) is 0 Å². The third-order valence-corrected chi connectivity index (χ3v) is 6.01. The van der Waals surface area contributed by atoms with Crippen LogP contribution in [0.3, 0.4) is 0 Å². The molecule has 0 unspecified atom stereocenters. The Balaban J connectivity index is 1.55. The van der Waals surface area contributed by atoms with Crippen LogP contribution in [-0.4, -0.2) is 50.6 Å². The molecule has 0 aliphatic carbocycles. The van der Waals surface area contributed by atoms with E-state index < -0.39 is 6.10 Å². The molecule has 0 bridgehead atoms. The molecule has 1 aliphatic rings. The Kier molecular flexibility index (Phi) is 8.00. The van der Waals surface area contributed by atoms with E-state index in [-0.39, 0.29) is 18.4 Å². The summed E-state index contributed by atoms with van der Waals surface area (Å²) in [6.07, 6.45) is 1.53. The van der Waals surface area contributed by atoms with Crippen molar-refractivity contribution in [2.45, 2.75) is 18.9 Å². The second-order valence-corrected chi connectivity index (χ2v) is 8.31. The smallest absolute Gasteiger partial charge is 0.256 e. The zero-order chi connectivity index (χ0) is 24.6. The van der Waals surface area contributed by atoms with Crippen LogP contribution in [0, 0.1) is 0 Å². The average Bonchev–Trinajstić information content (AvgIpc) is 3.44. The number of anilines is 1. The summed E-state index contributed by atoms with van der Waals surface area (Å²) in [6, 6.07) is 22.7. The van der Waals surface area contributed by atoms with E-state index >= 15 is 0 Å². The van der Waals surface area contributed by atoms with E-state index in [4.69, 9.17) is 14.2 Å². The Morgan fingerprint density at radius 2 is 1.40 bits per heavy atom. The number of hydrogen-bond donors (Lipinski definition) is 1. The molecular formula is C28H30N2O5. The SMILES string of the molecule is COc1cc(NC(=O)COC(c2ccccc2)c2ccccc2)c(C(=O)N2CCCC2)cc1OC. The van der Waals surface area contributed by atoms with Crippen molar-refractivity contribution in [2.24, 2.45) is 0 Å². The maximum atomic E-state index is 13.2. The van der Waals surface area contributed by atoms with Crippen LogP contribution in [0.2, 0.25) is 0 Å². The largest absolute Gasteiger partial charge is 0.493 e. The predicted octanol–water partition coefficient (Wildman–Crippen LogP) is 4.68. The van der Waals surface area contributed by atoms with E-state index in [1.54, 1.807) is 17.0 Å². The molecule has 0 saturated carbocycles. The molecule has 0 spiro atoms. The van der Waals surface area contributed by atoms with E-state index in [0.717, 1.165) is 24.0 Å². The van der Waals surface area contributed by atoms with E-state index in [1.807, 2.05) is 60.7 Å². The van der Waals surface area contributed by atoms with Gasteiger partial charge in [0.2, 0.25) is 5.91 Å². The highest BCUT2D eigenvalue weighted by atomic mass is 16.5. The number of nitrogens with one attached hydrogen (secondary N) is 1. The molecule has 3 aromatic rings. The Morgan fingerprint density at radius 3 is 1.94 bits per heavy atom. The van der Waals surface area contributed by atoms with Crippen molar-refractivity contribution in [1.29, 1.82) is 0 Å². The van der Waals surface area contributed by atoms with Crippen molar-refractivity contribution in [1.82, 2.24) is 4.90 Å². The van der Waals surface area contributed by atoms with Crippen molar-refractivity contribution in [3.05, 3.63) is 89.5 Å². The van der Waals surface area contributed by atoms with Gasteiger partial charge in [0.25, 0.3) is 5.91 Å². The zero-order valence-corrected chi connectivity index (χ0v) is 20.0. The molecule has 7 heteroatoms. The summed E-state index contributed by atoms with van der Waals surface area (Å²) >= 11 is 0. The number of rotatable bonds is 9. The van der Waals surface area contributed by atoms with Crippen molar-refractivity contribution in [3.63, 3.8) is 0 Å². The first-order chi connectivity index (χ1) is 17.1. The Hall–Kier alpha value is -3.84. The van der Waals surface area contributed by atoms with Crippen molar-refractivity contribution in [2.75, 3.05) is 39.2 Å². The number of hydrogen-bond acceptors (Lipinski definition) is 5. The summed E-state index contributed by atoms with van der Waals surface area (Å²) in [7, 11) is 3.03. The first-order valence-corrected chi connectivity index (χ1v) is 11.7. The van der Waals surface area contributed by atoms with Gasteiger partial charge in [-0.1, -0.05) is 60.7 Å². The second kappa shape index (κ2) is 11.5. The minimum atomic E-state index is -0.403. The number of methoxy groups -OCH3 is 2. The average molecular weight is 475 g/mol. The molecule has 35 heavy (non-hydrogen) atoms. The fourth-order valence-corrected chi connectivity index (χ4v) is 4.24. The van der Waals surface area contributed by atoms with Gasteiger partial charge in [0.1, 0.15) is 12.7 Å². The van der Waals surface area contributed by atoms with Gasteiger partial charge >= 0.3 is 0 Å². The predicted molar refractivity (Wildman–Crippen MR) is 134 cm³/mol. The number of nitrogens with zero attached hydrogens (tertiary/aromatic N) is 1. The van der Waals surface area contributed by atoms with Crippen LogP contribution in [0.4, 0.5) is 5.69 Å². The van der Waals surface area contributed by atoms with Gasteiger partial charge < -0.3 is 24.4 Å². The molecule has 3 aromatic carbocycles. The molecule has 1 saturated heterocycles. The summed E-state index contributed by atoms with van der Waals surface area (Å²) in [4.78, 5) is 28.0. The van der Waals surface area contributed by atoms with E-state index in [2.05, 4.69) is 5.32 Å². The van der Waals surface area contributed by atoms with E-state index in [9.17, 15) is 9.59 Å². The van der Waals surface area contributed by atoms with Crippen molar-refractivity contribution >= 4 is 17.5 Å².